The second-order valence-corrected chi connectivity index (χ2v) is 3.10. The van der Waals surface area contributed by atoms with E-state index in [2.05, 4.69) is 20.5 Å². The maximum Gasteiger partial charge on any atom is 0.248 e. The highest BCUT2D eigenvalue weighted by atomic mass is 16.1. The first kappa shape index (κ1) is 10.1. The maximum absolute atomic E-state index is 11.4. The van der Waals surface area contributed by atoms with Crippen LogP contribution >= 0.6 is 0 Å². The van der Waals surface area contributed by atoms with Crippen LogP contribution in [0.15, 0.2) is 43.0 Å². The van der Waals surface area contributed by atoms with Gasteiger partial charge in [0, 0.05) is 24.7 Å². The van der Waals surface area contributed by atoms with Crippen molar-refractivity contribution in [3.63, 3.8) is 0 Å². The fraction of sp³-hybridized carbons (Fsp3) is 0. The van der Waals surface area contributed by atoms with Crippen molar-refractivity contribution in [1.29, 1.82) is 0 Å². The topological polar surface area (TPSA) is 70.7 Å². The summed E-state index contributed by atoms with van der Waals surface area (Å²) < 4.78 is 0. The van der Waals surface area contributed by atoms with Crippen molar-refractivity contribution in [3.05, 3.63) is 48.6 Å². The Bertz CT molecular complexity index is 476. The molecule has 16 heavy (non-hydrogen) atoms. The number of pyridine rings is 1. The number of aromatic nitrogens is 3. The van der Waals surface area contributed by atoms with Crippen LogP contribution in [0.3, 0.4) is 0 Å². The quantitative estimate of drug-likeness (QED) is 0.760. The monoisotopic (exact) mass is 214 g/mol. The molecule has 0 aliphatic rings. The van der Waals surface area contributed by atoms with Gasteiger partial charge in [0.1, 0.15) is 0 Å². The molecule has 0 fully saturated rings. The molecule has 2 heterocycles. The predicted octanol–water partition coefficient (Wildman–Crippen LogP) is 1.46. The minimum absolute atomic E-state index is 0.203. The van der Waals surface area contributed by atoms with Gasteiger partial charge in [-0.15, -0.1) is 0 Å². The molecule has 2 aromatic heterocycles. The van der Waals surface area contributed by atoms with Gasteiger partial charge in [-0.1, -0.05) is 6.07 Å². The van der Waals surface area contributed by atoms with Gasteiger partial charge in [0.25, 0.3) is 0 Å². The summed E-state index contributed by atoms with van der Waals surface area (Å²) in [7, 11) is 0. The van der Waals surface area contributed by atoms with Gasteiger partial charge in [0.2, 0.25) is 5.91 Å². The third-order valence-corrected chi connectivity index (χ3v) is 1.88. The fourth-order valence-electron chi connectivity index (χ4n) is 1.15. The normalized spacial score (nSPS) is 10.5. The summed E-state index contributed by atoms with van der Waals surface area (Å²) in [5.74, 6) is -0.203. The van der Waals surface area contributed by atoms with Crippen LogP contribution in [0, 0.1) is 0 Å². The highest BCUT2D eigenvalue weighted by Crippen LogP contribution is 2.02. The number of carbonyl (C=O) groups excluding carboxylic acids is 1. The number of H-pyrrole nitrogens is 1. The first-order valence-corrected chi connectivity index (χ1v) is 4.72. The molecule has 2 rings (SSSR count). The minimum Gasteiger partial charge on any atom is -0.320 e. The van der Waals surface area contributed by atoms with Crippen molar-refractivity contribution in [2.45, 2.75) is 0 Å². The summed E-state index contributed by atoms with van der Waals surface area (Å²) in [5.41, 5.74) is 1.52. The molecule has 0 atom stereocenters. The highest BCUT2D eigenvalue weighted by Gasteiger charge is 1.97. The van der Waals surface area contributed by atoms with E-state index in [4.69, 9.17) is 0 Å². The molecule has 0 radical (unpaired) electrons. The lowest BCUT2D eigenvalue weighted by Crippen LogP contribution is -2.06. The van der Waals surface area contributed by atoms with Crippen LogP contribution in [0.1, 0.15) is 5.56 Å². The second-order valence-electron chi connectivity index (χ2n) is 3.10. The van der Waals surface area contributed by atoms with Crippen LogP contribution in [0.4, 0.5) is 5.69 Å². The van der Waals surface area contributed by atoms with Gasteiger partial charge in [-0.3, -0.25) is 14.9 Å². The Kier molecular flexibility index (Phi) is 3.08. The number of hydrogen-bond acceptors (Lipinski definition) is 3. The van der Waals surface area contributed by atoms with Crippen LogP contribution in [0.5, 0.6) is 0 Å². The Hall–Kier alpha value is -2.43. The fourth-order valence-corrected chi connectivity index (χ4v) is 1.15. The van der Waals surface area contributed by atoms with Gasteiger partial charge < -0.3 is 5.32 Å². The van der Waals surface area contributed by atoms with E-state index in [-0.39, 0.29) is 5.91 Å². The Labute approximate surface area is 92.2 Å². The molecule has 0 spiro atoms. The van der Waals surface area contributed by atoms with Crippen molar-refractivity contribution in [1.82, 2.24) is 15.2 Å². The van der Waals surface area contributed by atoms with Crippen LogP contribution in [-0.4, -0.2) is 21.1 Å². The van der Waals surface area contributed by atoms with E-state index in [1.54, 1.807) is 24.7 Å². The third kappa shape index (κ3) is 2.78. The standard InChI is InChI=1S/C11H10N4O/c16-11(15-10-7-13-14-8-10)4-3-9-2-1-5-12-6-9/h1-8H,(H,13,14)(H,15,16)/b4-3+. The number of nitrogens with one attached hydrogen (secondary N) is 2. The summed E-state index contributed by atoms with van der Waals surface area (Å²) in [5, 5.41) is 8.98. The largest absolute Gasteiger partial charge is 0.320 e. The van der Waals surface area contributed by atoms with E-state index in [1.807, 2.05) is 12.1 Å². The number of anilines is 1. The number of rotatable bonds is 3. The molecule has 0 aliphatic carbocycles. The first-order valence-electron chi connectivity index (χ1n) is 4.72. The molecule has 5 nitrogen and oxygen atoms in total. The molecule has 2 aromatic rings. The molecule has 2 N–H and O–H groups in total. The number of nitrogens with zero attached hydrogens (tertiary/aromatic N) is 2. The van der Waals surface area contributed by atoms with Crippen LogP contribution in [-0.2, 0) is 4.79 Å². The van der Waals surface area contributed by atoms with Crippen molar-refractivity contribution in [2.24, 2.45) is 0 Å². The molecular weight excluding hydrogens is 204 g/mol. The summed E-state index contributed by atoms with van der Waals surface area (Å²) in [6.07, 6.45) is 9.66. The Morgan fingerprint density at radius 3 is 3.06 bits per heavy atom. The van der Waals surface area contributed by atoms with Gasteiger partial charge in [-0.25, -0.2) is 0 Å². The maximum atomic E-state index is 11.4. The van der Waals surface area contributed by atoms with Crippen LogP contribution in [0.25, 0.3) is 6.08 Å². The summed E-state index contributed by atoms with van der Waals surface area (Å²) >= 11 is 0. The smallest absolute Gasteiger partial charge is 0.248 e. The number of amides is 1. The molecule has 5 heteroatoms. The van der Waals surface area contributed by atoms with Crippen LogP contribution in [0.2, 0.25) is 0 Å². The lowest BCUT2D eigenvalue weighted by atomic mass is 10.2. The molecule has 0 saturated carbocycles. The zero-order chi connectivity index (χ0) is 11.2. The molecule has 0 aliphatic heterocycles. The van der Waals surface area contributed by atoms with Crippen LogP contribution < -0.4 is 5.32 Å². The van der Waals surface area contributed by atoms with E-state index in [0.717, 1.165) is 5.56 Å². The summed E-state index contributed by atoms with van der Waals surface area (Å²) in [6, 6.07) is 3.68. The van der Waals surface area contributed by atoms with Gasteiger partial charge in [0.15, 0.2) is 0 Å². The average molecular weight is 214 g/mol. The minimum atomic E-state index is -0.203. The molecule has 0 bridgehead atoms. The molecule has 0 aromatic carbocycles. The SMILES string of the molecule is O=C(/C=C/c1cccnc1)Nc1cn[nH]c1. The number of aromatic amines is 1. The third-order valence-electron chi connectivity index (χ3n) is 1.88. The lowest BCUT2D eigenvalue weighted by molar-refractivity contribution is -0.111. The van der Waals surface area contributed by atoms with Crippen molar-refractivity contribution >= 4 is 17.7 Å². The van der Waals surface area contributed by atoms with E-state index >= 15 is 0 Å². The Morgan fingerprint density at radius 2 is 2.38 bits per heavy atom. The highest BCUT2D eigenvalue weighted by molar-refractivity contribution is 6.01. The van der Waals surface area contributed by atoms with Crippen molar-refractivity contribution in [2.75, 3.05) is 5.32 Å². The van der Waals surface area contributed by atoms with Gasteiger partial charge in [-0.05, 0) is 17.7 Å². The lowest BCUT2D eigenvalue weighted by Gasteiger charge is -1.95. The van der Waals surface area contributed by atoms with Gasteiger partial charge >= 0.3 is 0 Å². The van der Waals surface area contributed by atoms with E-state index in [0.29, 0.717) is 5.69 Å². The molecule has 80 valence electrons. The molecule has 0 saturated heterocycles. The number of hydrogen-bond donors (Lipinski definition) is 2. The summed E-state index contributed by atoms with van der Waals surface area (Å²) in [4.78, 5) is 15.4. The van der Waals surface area contributed by atoms with E-state index in [9.17, 15) is 4.79 Å². The van der Waals surface area contributed by atoms with E-state index in [1.165, 1.54) is 12.3 Å². The first-order chi connectivity index (χ1) is 7.84. The molecule has 1 amide bonds. The predicted molar refractivity (Wildman–Crippen MR) is 60.5 cm³/mol. The zero-order valence-electron chi connectivity index (χ0n) is 8.42. The Balaban J connectivity index is 1.95. The van der Waals surface area contributed by atoms with Crippen molar-refractivity contribution < 1.29 is 4.79 Å². The molecule has 0 unspecified atom stereocenters. The zero-order valence-corrected chi connectivity index (χ0v) is 8.42. The number of carbonyl (C=O) groups is 1. The van der Waals surface area contributed by atoms with Crippen molar-refractivity contribution in [3.8, 4) is 0 Å². The molecular formula is C11H10N4O. The second kappa shape index (κ2) is 4.88. The Morgan fingerprint density at radius 1 is 1.44 bits per heavy atom. The van der Waals surface area contributed by atoms with E-state index < -0.39 is 0 Å². The van der Waals surface area contributed by atoms with Gasteiger partial charge in [0.05, 0.1) is 11.9 Å². The summed E-state index contributed by atoms with van der Waals surface area (Å²) in [6.45, 7) is 0. The average Bonchev–Trinajstić information content (AvgIpc) is 2.81. The van der Waals surface area contributed by atoms with Gasteiger partial charge in [-0.2, -0.15) is 5.10 Å².